The van der Waals surface area contributed by atoms with E-state index >= 15 is 0 Å². The molecule has 1 fully saturated rings. The zero-order chi connectivity index (χ0) is 23.5. The first-order valence-corrected chi connectivity index (χ1v) is 11.6. The van der Waals surface area contributed by atoms with Crippen LogP contribution in [-0.2, 0) is 9.59 Å². The van der Waals surface area contributed by atoms with Crippen molar-refractivity contribution in [1.29, 1.82) is 0 Å². The number of anilines is 1. The molecule has 0 radical (unpaired) electrons. The van der Waals surface area contributed by atoms with Crippen molar-refractivity contribution in [2.45, 2.75) is 33.6 Å². The van der Waals surface area contributed by atoms with Gasteiger partial charge in [0.15, 0.2) is 0 Å². The highest BCUT2D eigenvalue weighted by Crippen LogP contribution is 2.39. The van der Waals surface area contributed by atoms with Gasteiger partial charge in [-0.25, -0.2) is 4.90 Å². The summed E-state index contributed by atoms with van der Waals surface area (Å²) in [6.45, 7) is 8.48. The van der Waals surface area contributed by atoms with Crippen LogP contribution in [0.4, 0.5) is 5.69 Å². The van der Waals surface area contributed by atoms with Crippen molar-refractivity contribution in [2.24, 2.45) is 11.8 Å². The third-order valence-electron chi connectivity index (χ3n) is 6.09. The molecule has 0 bridgehead atoms. The number of carbonyl (C=O) groups is 2. The molecule has 6 nitrogen and oxygen atoms in total. The van der Waals surface area contributed by atoms with E-state index in [1.54, 1.807) is 19.2 Å². The highest BCUT2D eigenvalue weighted by atomic mass is 16.5. The van der Waals surface area contributed by atoms with E-state index in [-0.39, 0.29) is 11.8 Å². The van der Waals surface area contributed by atoms with Crippen LogP contribution in [0, 0.1) is 11.8 Å². The highest BCUT2D eigenvalue weighted by Gasteiger charge is 2.43. The average molecular weight is 449 g/mol. The first kappa shape index (κ1) is 22.9. The molecule has 2 aliphatic rings. The van der Waals surface area contributed by atoms with Crippen LogP contribution in [-0.4, -0.2) is 43.5 Å². The minimum Gasteiger partial charge on any atom is -0.496 e. The Kier molecular flexibility index (Phi) is 6.72. The molecule has 0 saturated carbocycles. The predicted molar refractivity (Wildman–Crippen MR) is 129 cm³/mol. The molecule has 2 aliphatic heterocycles. The molecular formula is C27H32N2O4. The van der Waals surface area contributed by atoms with Gasteiger partial charge in [0, 0.05) is 18.7 Å². The van der Waals surface area contributed by atoms with E-state index in [1.165, 1.54) is 4.90 Å². The van der Waals surface area contributed by atoms with Crippen LogP contribution in [0.2, 0.25) is 0 Å². The number of rotatable bonds is 7. The molecule has 2 aromatic rings. The molecule has 2 amide bonds. The zero-order valence-electron chi connectivity index (χ0n) is 19.8. The van der Waals surface area contributed by atoms with Crippen molar-refractivity contribution in [2.75, 3.05) is 31.7 Å². The maximum absolute atomic E-state index is 13.8. The van der Waals surface area contributed by atoms with E-state index in [0.717, 1.165) is 31.7 Å². The minimum atomic E-state index is -0.325. The Hall–Kier alpha value is -3.28. The number of benzene rings is 2. The number of imide groups is 1. The van der Waals surface area contributed by atoms with Crippen LogP contribution in [0.1, 0.15) is 39.2 Å². The quantitative estimate of drug-likeness (QED) is 0.573. The number of carbonyl (C=O) groups excluding carboxylic acids is 2. The molecule has 0 aromatic heterocycles. The van der Waals surface area contributed by atoms with Crippen molar-refractivity contribution >= 4 is 23.1 Å². The van der Waals surface area contributed by atoms with Crippen LogP contribution >= 0.6 is 0 Å². The molecular weight excluding hydrogens is 416 g/mol. The van der Waals surface area contributed by atoms with Gasteiger partial charge in [0.1, 0.15) is 17.2 Å². The third-order valence-corrected chi connectivity index (χ3v) is 6.09. The van der Waals surface area contributed by atoms with Crippen LogP contribution in [0.25, 0.3) is 5.57 Å². The summed E-state index contributed by atoms with van der Waals surface area (Å²) >= 11 is 0. The highest BCUT2D eigenvalue weighted by molar-refractivity contribution is 6.45. The van der Waals surface area contributed by atoms with Crippen LogP contribution in [0.5, 0.6) is 11.5 Å². The number of hydrogen-bond donors (Lipinski definition) is 0. The molecule has 1 atom stereocenters. The molecule has 4 rings (SSSR count). The second-order valence-electron chi connectivity index (χ2n) is 9.26. The Balaban J connectivity index is 1.73. The standard InChI is InChI=1S/C27H32N2O4/c1-18(2)17-33-21-13-11-20(12-14-21)29-26(30)24(22-9-5-6-10-23(22)32-4)25(27(29)31)28-15-7-8-19(3)16-28/h5-6,9-14,18-19H,7-8,15-17H2,1-4H3. The molecule has 0 spiro atoms. The molecule has 6 heteroatoms. The summed E-state index contributed by atoms with van der Waals surface area (Å²) < 4.78 is 11.3. The van der Waals surface area contributed by atoms with E-state index < -0.39 is 0 Å². The van der Waals surface area contributed by atoms with Gasteiger partial charge in [-0.15, -0.1) is 0 Å². The lowest BCUT2D eigenvalue weighted by Crippen LogP contribution is -2.39. The molecule has 2 aromatic carbocycles. The third kappa shape index (κ3) is 4.61. The van der Waals surface area contributed by atoms with Crippen LogP contribution < -0.4 is 14.4 Å². The van der Waals surface area contributed by atoms with Crippen molar-refractivity contribution in [3.05, 3.63) is 59.8 Å². The van der Waals surface area contributed by atoms with Gasteiger partial charge in [0.05, 0.1) is 25.0 Å². The Morgan fingerprint density at radius 1 is 1.03 bits per heavy atom. The van der Waals surface area contributed by atoms with Gasteiger partial charge in [-0.2, -0.15) is 0 Å². The Labute approximate surface area is 195 Å². The zero-order valence-corrected chi connectivity index (χ0v) is 19.8. The second kappa shape index (κ2) is 9.69. The van der Waals surface area contributed by atoms with Gasteiger partial charge < -0.3 is 14.4 Å². The number of likely N-dealkylation sites (tertiary alicyclic amines) is 1. The summed E-state index contributed by atoms with van der Waals surface area (Å²) in [5.74, 6) is 1.55. The van der Waals surface area contributed by atoms with E-state index in [9.17, 15) is 9.59 Å². The molecule has 1 saturated heterocycles. The minimum absolute atomic E-state index is 0.286. The van der Waals surface area contributed by atoms with Gasteiger partial charge in [-0.3, -0.25) is 9.59 Å². The first-order valence-electron chi connectivity index (χ1n) is 11.6. The van der Waals surface area contributed by atoms with Gasteiger partial charge in [0.2, 0.25) is 0 Å². The van der Waals surface area contributed by atoms with E-state index in [4.69, 9.17) is 9.47 Å². The fourth-order valence-corrected chi connectivity index (χ4v) is 4.49. The summed E-state index contributed by atoms with van der Waals surface area (Å²) in [6.07, 6.45) is 2.12. The molecule has 0 aliphatic carbocycles. The lowest BCUT2D eigenvalue weighted by molar-refractivity contribution is -0.120. The van der Waals surface area contributed by atoms with Crippen molar-refractivity contribution in [3.8, 4) is 11.5 Å². The topological polar surface area (TPSA) is 59.1 Å². The normalized spacial score (nSPS) is 19.0. The molecule has 0 N–H and O–H groups in total. The van der Waals surface area contributed by atoms with Gasteiger partial charge in [0.25, 0.3) is 11.8 Å². The monoisotopic (exact) mass is 448 g/mol. The number of para-hydroxylation sites is 1. The molecule has 2 heterocycles. The van der Waals surface area contributed by atoms with Crippen molar-refractivity contribution in [3.63, 3.8) is 0 Å². The van der Waals surface area contributed by atoms with Gasteiger partial charge in [-0.1, -0.05) is 39.0 Å². The van der Waals surface area contributed by atoms with Crippen LogP contribution in [0.15, 0.2) is 54.2 Å². The Bertz CT molecular complexity index is 1060. The Morgan fingerprint density at radius 2 is 1.76 bits per heavy atom. The summed E-state index contributed by atoms with van der Waals surface area (Å²) in [7, 11) is 1.58. The Morgan fingerprint density at radius 3 is 2.42 bits per heavy atom. The number of hydrogen-bond acceptors (Lipinski definition) is 5. The number of methoxy groups -OCH3 is 1. The lowest BCUT2D eigenvalue weighted by Gasteiger charge is -2.33. The second-order valence-corrected chi connectivity index (χ2v) is 9.26. The summed E-state index contributed by atoms with van der Waals surface area (Å²) in [6, 6.07) is 14.5. The molecule has 33 heavy (non-hydrogen) atoms. The van der Waals surface area contributed by atoms with Crippen molar-refractivity contribution in [1.82, 2.24) is 4.90 Å². The summed E-state index contributed by atoms with van der Waals surface area (Å²) in [5, 5.41) is 0. The average Bonchev–Trinajstić information content (AvgIpc) is 3.07. The largest absolute Gasteiger partial charge is 0.496 e. The van der Waals surface area contributed by atoms with Gasteiger partial charge >= 0.3 is 0 Å². The van der Waals surface area contributed by atoms with E-state index in [1.807, 2.05) is 36.4 Å². The fourth-order valence-electron chi connectivity index (χ4n) is 4.49. The first-order chi connectivity index (χ1) is 15.9. The number of amides is 2. The summed E-state index contributed by atoms with van der Waals surface area (Å²) in [5.41, 5.74) is 2.06. The number of nitrogens with zero attached hydrogens (tertiary/aromatic N) is 2. The van der Waals surface area contributed by atoms with Gasteiger partial charge in [-0.05, 0) is 55.0 Å². The fraction of sp³-hybridized carbons (Fsp3) is 0.407. The maximum Gasteiger partial charge on any atom is 0.282 e. The SMILES string of the molecule is COc1ccccc1C1=C(N2CCCC(C)C2)C(=O)N(c2ccc(OCC(C)C)cc2)C1=O. The maximum atomic E-state index is 13.8. The lowest BCUT2D eigenvalue weighted by atomic mass is 9.97. The smallest absolute Gasteiger partial charge is 0.282 e. The summed E-state index contributed by atoms with van der Waals surface area (Å²) in [4.78, 5) is 30.9. The molecule has 174 valence electrons. The van der Waals surface area contributed by atoms with E-state index in [2.05, 4.69) is 25.7 Å². The van der Waals surface area contributed by atoms with Crippen molar-refractivity contribution < 1.29 is 19.1 Å². The predicted octanol–water partition coefficient (Wildman–Crippen LogP) is 4.75. The molecule has 1 unspecified atom stereocenters. The van der Waals surface area contributed by atoms with E-state index in [0.29, 0.717) is 46.7 Å². The number of ether oxygens (including phenoxy) is 2. The van der Waals surface area contributed by atoms with Crippen LogP contribution in [0.3, 0.4) is 0 Å². The number of piperidine rings is 1.